The van der Waals surface area contributed by atoms with Crippen molar-refractivity contribution in [3.8, 4) is 0 Å². The van der Waals surface area contributed by atoms with Gasteiger partial charge in [-0.2, -0.15) is 0 Å². The summed E-state index contributed by atoms with van der Waals surface area (Å²) in [5, 5.41) is 3.30. The maximum atomic E-state index is 11.3. The van der Waals surface area contributed by atoms with E-state index in [0.29, 0.717) is 12.2 Å². The molecule has 1 aromatic heterocycles. The van der Waals surface area contributed by atoms with Crippen molar-refractivity contribution in [1.29, 1.82) is 0 Å². The summed E-state index contributed by atoms with van der Waals surface area (Å²) in [6.45, 7) is 1.28. The van der Waals surface area contributed by atoms with Crippen molar-refractivity contribution in [1.82, 2.24) is 14.8 Å². The number of benzene rings is 1. The first-order valence-corrected chi connectivity index (χ1v) is 9.76. The van der Waals surface area contributed by atoms with Gasteiger partial charge in [0.05, 0.1) is 12.8 Å². The standard InChI is InChI=1S/C17H25N5O2S.HI/c1-18-17(22(3)13-16-9-6-10-21(16)2)19-12-14-7-5-8-15(11-14)20-25(4,23)24;/h5-11,20H,12-13H2,1-4H3,(H,18,19);1H. The highest BCUT2D eigenvalue weighted by Gasteiger charge is 2.09. The minimum atomic E-state index is -3.28. The molecule has 0 bridgehead atoms. The van der Waals surface area contributed by atoms with E-state index in [1.165, 1.54) is 5.69 Å². The molecule has 144 valence electrons. The summed E-state index contributed by atoms with van der Waals surface area (Å²) in [5.41, 5.74) is 2.70. The monoisotopic (exact) mass is 491 g/mol. The summed E-state index contributed by atoms with van der Waals surface area (Å²) in [5.74, 6) is 0.766. The van der Waals surface area contributed by atoms with Gasteiger partial charge in [0.15, 0.2) is 5.96 Å². The van der Waals surface area contributed by atoms with E-state index in [2.05, 4.69) is 25.7 Å². The summed E-state index contributed by atoms with van der Waals surface area (Å²) in [6.07, 6.45) is 3.15. The number of hydrogen-bond donors (Lipinski definition) is 2. The molecule has 0 radical (unpaired) electrons. The quantitative estimate of drug-likeness (QED) is 0.369. The number of nitrogens with one attached hydrogen (secondary N) is 2. The van der Waals surface area contributed by atoms with Crippen molar-refractivity contribution in [2.75, 3.05) is 25.1 Å². The van der Waals surface area contributed by atoms with Gasteiger partial charge in [0.25, 0.3) is 0 Å². The van der Waals surface area contributed by atoms with Gasteiger partial charge >= 0.3 is 0 Å². The maximum absolute atomic E-state index is 11.3. The Bertz CT molecular complexity index is 848. The molecular formula is C17H26IN5O2S. The van der Waals surface area contributed by atoms with Crippen molar-refractivity contribution in [3.05, 3.63) is 53.9 Å². The minimum absolute atomic E-state index is 0. The Labute approximate surface area is 172 Å². The van der Waals surface area contributed by atoms with Gasteiger partial charge in [-0.15, -0.1) is 24.0 Å². The van der Waals surface area contributed by atoms with Gasteiger partial charge in [-0.1, -0.05) is 12.1 Å². The van der Waals surface area contributed by atoms with Crippen LogP contribution in [0.25, 0.3) is 0 Å². The lowest BCUT2D eigenvalue weighted by atomic mass is 10.2. The molecule has 0 aliphatic carbocycles. The molecule has 0 amide bonds. The fraction of sp³-hybridized carbons (Fsp3) is 0.353. The van der Waals surface area contributed by atoms with Crippen molar-refractivity contribution in [2.45, 2.75) is 13.1 Å². The van der Waals surface area contributed by atoms with E-state index >= 15 is 0 Å². The average Bonchev–Trinajstić information content (AvgIpc) is 2.91. The van der Waals surface area contributed by atoms with Gasteiger partial charge in [0.1, 0.15) is 0 Å². The van der Waals surface area contributed by atoms with Crippen LogP contribution >= 0.6 is 24.0 Å². The first-order chi connectivity index (χ1) is 11.8. The Kier molecular flexibility index (Phi) is 8.41. The van der Waals surface area contributed by atoms with E-state index < -0.39 is 10.0 Å². The third-order valence-corrected chi connectivity index (χ3v) is 4.31. The highest BCUT2D eigenvalue weighted by molar-refractivity contribution is 14.0. The van der Waals surface area contributed by atoms with E-state index in [1.54, 1.807) is 19.2 Å². The first-order valence-electron chi connectivity index (χ1n) is 7.87. The lowest BCUT2D eigenvalue weighted by Crippen LogP contribution is -2.38. The molecule has 2 N–H and O–H groups in total. The molecule has 0 atom stereocenters. The predicted molar refractivity (Wildman–Crippen MR) is 117 cm³/mol. The third kappa shape index (κ3) is 6.87. The summed E-state index contributed by atoms with van der Waals surface area (Å²) < 4.78 is 27.2. The van der Waals surface area contributed by atoms with E-state index in [4.69, 9.17) is 0 Å². The SMILES string of the molecule is CN=C(NCc1cccc(NS(C)(=O)=O)c1)N(C)Cc1cccn1C.I. The Morgan fingerprint density at radius 2 is 2.00 bits per heavy atom. The number of aromatic nitrogens is 1. The molecule has 0 saturated carbocycles. The number of rotatable bonds is 6. The van der Waals surface area contributed by atoms with Gasteiger partial charge in [-0.25, -0.2) is 8.42 Å². The molecule has 1 aromatic carbocycles. The van der Waals surface area contributed by atoms with Crippen molar-refractivity contribution >= 4 is 45.6 Å². The second-order valence-electron chi connectivity index (χ2n) is 5.94. The first kappa shape index (κ1) is 22.3. The Hall–Kier alpha value is -1.75. The number of sulfonamides is 1. The van der Waals surface area contributed by atoms with Crippen molar-refractivity contribution < 1.29 is 8.42 Å². The lowest BCUT2D eigenvalue weighted by molar-refractivity contribution is 0.462. The van der Waals surface area contributed by atoms with Crippen LogP contribution in [0.4, 0.5) is 5.69 Å². The fourth-order valence-corrected chi connectivity index (χ4v) is 3.06. The number of hydrogen-bond acceptors (Lipinski definition) is 3. The highest BCUT2D eigenvalue weighted by Crippen LogP contribution is 2.12. The molecule has 0 aliphatic heterocycles. The predicted octanol–water partition coefficient (Wildman–Crippen LogP) is 2.22. The van der Waals surface area contributed by atoms with Crippen LogP contribution in [0, 0.1) is 0 Å². The molecule has 0 unspecified atom stereocenters. The molecule has 0 aliphatic rings. The van der Waals surface area contributed by atoms with Gasteiger partial charge < -0.3 is 14.8 Å². The normalized spacial score (nSPS) is 11.6. The zero-order valence-corrected chi connectivity index (χ0v) is 18.6. The van der Waals surface area contributed by atoms with Crippen LogP contribution in [0.15, 0.2) is 47.6 Å². The number of guanidine groups is 1. The van der Waals surface area contributed by atoms with Gasteiger partial charge in [0.2, 0.25) is 10.0 Å². The molecule has 0 saturated heterocycles. The number of aliphatic imine (C=N–C) groups is 1. The van der Waals surface area contributed by atoms with E-state index in [0.717, 1.165) is 24.3 Å². The fourth-order valence-electron chi connectivity index (χ4n) is 2.50. The van der Waals surface area contributed by atoms with E-state index in [9.17, 15) is 8.42 Å². The van der Waals surface area contributed by atoms with Crippen LogP contribution in [0.5, 0.6) is 0 Å². The molecule has 2 rings (SSSR count). The van der Waals surface area contributed by atoms with Crippen LogP contribution in [0.3, 0.4) is 0 Å². The zero-order chi connectivity index (χ0) is 18.4. The second-order valence-corrected chi connectivity index (χ2v) is 7.69. The second kappa shape index (κ2) is 9.81. The van der Waals surface area contributed by atoms with Gasteiger partial charge in [-0.05, 0) is 29.8 Å². The Morgan fingerprint density at radius 3 is 2.58 bits per heavy atom. The van der Waals surface area contributed by atoms with E-state index in [-0.39, 0.29) is 24.0 Å². The van der Waals surface area contributed by atoms with Crippen molar-refractivity contribution in [3.63, 3.8) is 0 Å². The largest absolute Gasteiger partial charge is 0.353 e. The van der Waals surface area contributed by atoms with Crippen LogP contribution in [-0.4, -0.2) is 44.2 Å². The van der Waals surface area contributed by atoms with E-state index in [1.807, 2.05) is 43.4 Å². The number of nitrogens with zero attached hydrogens (tertiary/aromatic N) is 3. The van der Waals surface area contributed by atoms with Crippen LogP contribution in [0.2, 0.25) is 0 Å². The molecule has 7 nitrogen and oxygen atoms in total. The zero-order valence-electron chi connectivity index (χ0n) is 15.4. The van der Waals surface area contributed by atoms with Gasteiger partial charge in [0, 0.05) is 45.3 Å². The topological polar surface area (TPSA) is 78.7 Å². The number of aryl methyl sites for hydroxylation is 1. The van der Waals surface area contributed by atoms with Crippen LogP contribution in [-0.2, 0) is 30.2 Å². The van der Waals surface area contributed by atoms with Crippen LogP contribution < -0.4 is 10.0 Å². The highest BCUT2D eigenvalue weighted by atomic mass is 127. The molecule has 1 heterocycles. The number of anilines is 1. The Morgan fingerprint density at radius 1 is 1.27 bits per heavy atom. The summed E-state index contributed by atoms with van der Waals surface area (Å²) in [7, 11) is 2.45. The smallest absolute Gasteiger partial charge is 0.229 e. The lowest BCUT2D eigenvalue weighted by Gasteiger charge is -2.22. The molecule has 0 fully saturated rings. The molecule has 9 heteroatoms. The molecule has 26 heavy (non-hydrogen) atoms. The van der Waals surface area contributed by atoms with Gasteiger partial charge in [-0.3, -0.25) is 9.71 Å². The summed E-state index contributed by atoms with van der Waals surface area (Å²) >= 11 is 0. The summed E-state index contributed by atoms with van der Waals surface area (Å²) in [6, 6.07) is 11.4. The number of halogens is 1. The Balaban J connectivity index is 0.00000338. The van der Waals surface area contributed by atoms with Crippen LogP contribution in [0.1, 0.15) is 11.3 Å². The molecule has 2 aromatic rings. The minimum Gasteiger partial charge on any atom is -0.353 e. The third-order valence-electron chi connectivity index (χ3n) is 3.70. The maximum Gasteiger partial charge on any atom is 0.229 e. The van der Waals surface area contributed by atoms with Crippen molar-refractivity contribution in [2.24, 2.45) is 12.0 Å². The molecule has 0 spiro atoms. The molecular weight excluding hydrogens is 465 g/mol. The average molecular weight is 491 g/mol. The summed E-state index contributed by atoms with van der Waals surface area (Å²) in [4.78, 5) is 6.34.